The Morgan fingerprint density at radius 2 is 2.31 bits per heavy atom. The van der Waals surface area contributed by atoms with Crippen molar-refractivity contribution in [1.29, 1.82) is 0 Å². The van der Waals surface area contributed by atoms with Gasteiger partial charge in [-0.25, -0.2) is 0 Å². The molecule has 0 aliphatic carbocycles. The summed E-state index contributed by atoms with van der Waals surface area (Å²) in [4.78, 5) is 3.70. The number of benzene rings is 1. The molecule has 0 heterocycles. The van der Waals surface area contributed by atoms with Crippen molar-refractivity contribution in [3.05, 3.63) is 47.1 Å². The van der Waals surface area contributed by atoms with Crippen molar-refractivity contribution in [2.24, 2.45) is 4.99 Å². The zero-order valence-corrected chi connectivity index (χ0v) is 10.5. The van der Waals surface area contributed by atoms with Crippen molar-refractivity contribution in [1.82, 2.24) is 0 Å². The number of nitrogens with zero attached hydrogens (tertiary/aromatic N) is 1. The molecule has 0 saturated heterocycles. The second-order valence-corrected chi connectivity index (χ2v) is 4.00. The van der Waals surface area contributed by atoms with E-state index >= 15 is 0 Å². The Morgan fingerprint density at radius 3 is 2.88 bits per heavy atom. The van der Waals surface area contributed by atoms with E-state index < -0.39 is 0 Å². The number of nitrogens with one attached hydrogen (secondary N) is 1. The molecule has 1 aromatic rings. The van der Waals surface area contributed by atoms with Crippen molar-refractivity contribution in [3.8, 4) is 0 Å². The number of rotatable bonds is 5. The highest BCUT2D eigenvalue weighted by Gasteiger charge is 2.03. The predicted molar refractivity (Wildman–Crippen MR) is 74.9 cm³/mol. The molecule has 0 amide bonds. The van der Waals surface area contributed by atoms with Gasteiger partial charge >= 0.3 is 0 Å². The summed E-state index contributed by atoms with van der Waals surface area (Å²) in [5.74, 6) is 0. The fourth-order valence-electron chi connectivity index (χ4n) is 1.21. The molecule has 0 spiro atoms. The van der Waals surface area contributed by atoms with Crippen molar-refractivity contribution in [2.45, 2.75) is 0 Å². The standard InChI is InChI=1S/C12H14BrN3/c1-3-9(7-15-2)8-16-12-10(13)5-4-6-11(12)14/h3-7,16H,1-2,8,14H2/b9-7+. The highest BCUT2D eigenvalue weighted by atomic mass is 79.9. The molecule has 0 aliphatic rings. The van der Waals surface area contributed by atoms with Crippen LogP contribution in [-0.2, 0) is 0 Å². The molecule has 3 N–H and O–H groups in total. The number of halogens is 1. The molecule has 0 saturated carbocycles. The van der Waals surface area contributed by atoms with Gasteiger partial charge in [-0.2, -0.15) is 0 Å². The van der Waals surface area contributed by atoms with Crippen LogP contribution < -0.4 is 11.1 Å². The van der Waals surface area contributed by atoms with Gasteiger partial charge in [0.15, 0.2) is 0 Å². The zero-order valence-electron chi connectivity index (χ0n) is 8.91. The van der Waals surface area contributed by atoms with E-state index in [1.54, 1.807) is 12.3 Å². The number of nitrogen functional groups attached to an aromatic ring is 1. The van der Waals surface area contributed by atoms with E-state index in [-0.39, 0.29) is 0 Å². The van der Waals surface area contributed by atoms with Gasteiger partial charge in [0.05, 0.1) is 11.4 Å². The summed E-state index contributed by atoms with van der Waals surface area (Å²) in [6.45, 7) is 7.71. The lowest BCUT2D eigenvalue weighted by Crippen LogP contribution is -2.06. The van der Waals surface area contributed by atoms with E-state index in [4.69, 9.17) is 5.73 Å². The van der Waals surface area contributed by atoms with Gasteiger partial charge in [0.2, 0.25) is 0 Å². The molecule has 16 heavy (non-hydrogen) atoms. The fourth-order valence-corrected chi connectivity index (χ4v) is 1.73. The van der Waals surface area contributed by atoms with Crippen molar-refractivity contribution < 1.29 is 0 Å². The van der Waals surface area contributed by atoms with Gasteiger partial charge in [0.25, 0.3) is 0 Å². The first-order valence-electron chi connectivity index (χ1n) is 4.74. The predicted octanol–water partition coefficient (Wildman–Crippen LogP) is 3.21. The van der Waals surface area contributed by atoms with Gasteiger partial charge in [-0.1, -0.05) is 18.7 Å². The molecule has 84 valence electrons. The molecule has 4 heteroatoms. The Bertz CT molecular complexity index is 404. The molecule has 0 radical (unpaired) electrons. The van der Waals surface area contributed by atoms with Crippen molar-refractivity contribution in [2.75, 3.05) is 17.6 Å². The van der Waals surface area contributed by atoms with Crippen LogP contribution in [0.2, 0.25) is 0 Å². The number of anilines is 2. The highest BCUT2D eigenvalue weighted by Crippen LogP contribution is 2.28. The fraction of sp³-hybridized carbons (Fsp3) is 0.0833. The molecule has 1 aromatic carbocycles. The quantitative estimate of drug-likeness (QED) is 0.494. The van der Waals surface area contributed by atoms with Gasteiger partial charge in [0, 0.05) is 17.2 Å². The van der Waals surface area contributed by atoms with E-state index in [0.717, 1.165) is 15.7 Å². The van der Waals surface area contributed by atoms with Crippen LogP contribution in [0.5, 0.6) is 0 Å². The molecule has 1 rings (SSSR count). The molecule has 0 atom stereocenters. The molecule has 0 bridgehead atoms. The van der Waals surface area contributed by atoms with Crippen LogP contribution in [0.25, 0.3) is 0 Å². The summed E-state index contributed by atoms with van der Waals surface area (Å²) in [6.07, 6.45) is 3.39. The number of para-hydroxylation sites is 1. The third-order valence-corrected chi connectivity index (χ3v) is 2.70. The van der Waals surface area contributed by atoms with Crippen LogP contribution in [0.3, 0.4) is 0 Å². The van der Waals surface area contributed by atoms with E-state index in [1.807, 2.05) is 18.2 Å². The first-order chi connectivity index (χ1) is 7.69. The maximum absolute atomic E-state index is 5.85. The largest absolute Gasteiger partial charge is 0.397 e. The lowest BCUT2D eigenvalue weighted by molar-refractivity contribution is 1.24. The van der Waals surface area contributed by atoms with E-state index in [9.17, 15) is 0 Å². The van der Waals surface area contributed by atoms with Crippen LogP contribution in [0.1, 0.15) is 0 Å². The second-order valence-electron chi connectivity index (χ2n) is 3.15. The van der Waals surface area contributed by atoms with Gasteiger partial charge < -0.3 is 11.1 Å². The zero-order chi connectivity index (χ0) is 12.0. The average Bonchev–Trinajstić information content (AvgIpc) is 2.27. The summed E-state index contributed by atoms with van der Waals surface area (Å²) in [7, 11) is 0. The van der Waals surface area contributed by atoms with Crippen LogP contribution in [0, 0.1) is 0 Å². The summed E-state index contributed by atoms with van der Waals surface area (Å²) in [6, 6.07) is 5.66. The lowest BCUT2D eigenvalue weighted by atomic mass is 10.2. The number of nitrogens with two attached hydrogens (primary N) is 1. The number of hydrogen-bond donors (Lipinski definition) is 2. The Hall–Kier alpha value is -1.55. The monoisotopic (exact) mass is 279 g/mol. The molecule has 3 nitrogen and oxygen atoms in total. The summed E-state index contributed by atoms with van der Waals surface area (Å²) >= 11 is 3.43. The van der Waals surface area contributed by atoms with Crippen LogP contribution in [0.15, 0.2) is 52.1 Å². The Balaban J connectivity index is 2.78. The molecular weight excluding hydrogens is 266 g/mol. The smallest absolute Gasteiger partial charge is 0.0720 e. The molecular formula is C12H14BrN3. The van der Waals surface area contributed by atoms with Gasteiger partial charge in [-0.15, -0.1) is 0 Å². The maximum atomic E-state index is 5.85. The van der Waals surface area contributed by atoms with Gasteiger partial charge in [-0.05, 0) is 40.4 Å². The first-order valence-corrected chi connectivity index (χ1v) is 5.53. The highest BCUT2D eigenvalue weighted by molar-refractivity contribution is 9.10. The van der Waals surface area contributed by atoms with Crippen LogP contribution in [0.4, 0.5) is 11.4 Å². The Morgan fingerprint density at radius 1 is 1.56 bits per heavy atom. The van der Waals surface area contributed by atoms with E-state index in [0.29, 0.717) is 12.2 Å². The Labute approximate surface area is 104 Å². The summed E-state index contributed by atoms with van der Waals surface area (Å²) in [5, 5.41) is 3.22. The molecule has 0 aromatic heterocycles. The second kappa shape index (κ2) is 6.12. The minimum Gasteiger partial charge on any atom is -0.397 e. The SMILES string of the molecule is C=C/C(=C\N=C)CNc1c(N)cccc1Br. The maximum Gasteiger partial charge on any atom is 0.0720 e. The minimum atomic E-state index is 0.606. The first kappa shape index (κ1) is 12.5. The minimum absolute atomic E-state index is 0.606. The van der Waals surface area contributed by atoms with Crippen molar-refractivity contribution >= 4 is 34.0 Å². The van der Waals surface area contributed by atoms with Crippen molar-refractivity contribution in [3.63, 3.8) is 0 Å². The Kier molecular flexibility index (Phi) is 4.79. The average molecular weight is 280 g/mol. The van der Waals surface area contributed by atoms with Gasteiger partial charge in [-0.3, -0.25) is 4.99 Å². The number of aliphatic imine (C=N–C) groups is 1. The van der Waals surface area contributed by atoms with E-state index in [2.05, 4.69) is 39.5 Å². The lowest BCUT2D eigenvalue weighted by Gasteiger charge is -2.11. The third kappa shape index (κ3) is 3.24. The topological polar surface area (TPSA) is 50.4 Å². The summed E-state index contributed by atoms with van der Waals surface area (Å²) in [5.41, 5.74) is 8.37. The van der Waals surface area contributed by atoms with E-state index in [1.165, 1.54) is 0 Å². The molecule has 0 fully saturated rings. The third-order valence-electron chi connectivity index (χ3n) is 2.03. The molecule has 0 unspecified atom stereocenters. The normalized spacial score (nSPS) is 10.9. The molecule has 0 aliphatic heterocycles. The van der Waals surface area contributed by atoms with Gasteiger partial charge in [0.1, 0.15) is 0 Å². The van der Waals surface area contributed by atoms with Crippen LogP contribution in [-0.4, -0.2) is 13.3 Å². The summed E-state index contributed by atoms with van der Waals surface area (Å²) < 4.78 is 0.933. The van der Waals surface area contributed by atoms with Crippen LogP contribution >= 0.6 is 15.9 Å². The number of hydrogen-bond acceptors (Lipinski definition) is 3.